The predicted molar refractivity (Wildman–Crippen MR) is 77.4 cm³/mol. The van der Waals surface area contributed by atoms with Gasteiger partial charge in [-0.15, -0.1) is 0 Å². The van der Waals surface area contributed by atoms with Gasteiger partial charge in [-0.25, -0.2) is 4.39 Å². The van der Waals surface area contributed by atoms with Crippen LogP contribution in [0.3, 0.4) is 0 Å². The minimum atomic E-state index is -1.12. The normalized spacial score (nSPS) is 12.2. The van der Waals surface area contributed by atoms with Gasteiger partial charge in [0, 0.05) is 15.7 Å². The summed E-state index contributed by atoms with van der Waals surface area (Å²) in [4.78, 5) is 15.2. The van der Waals surface area contributed by atoms with E-state index in [-0.39, 0.29) is 12.1 Å². The second-order valence-electron chi connectivity index (χ2n) is 4.24. The first-order valence-electron chi connectivity index (χ1n) is 5.75. The van der Waals surface area contributed by atoms with Crippen molar-refractivity contribution in [1.82, 2.24) is 4.98 Å². The molecule has 0 saturated carbocycles. The minimum absolute atomic E-state index is 0.0735. The van der Waals surface area contributed by atoms with Gasteiger partial charge in [-0.2, -0.15) is 0 Å². The molecule has 0 radical (unpaired) electrons. The zero-order valence-corrected chi connectivity index (χ0v) is 12.5. The van der Waals surface area contributed by atoms with Crippen LogP contribution in [0.4, 0.5) is 4.39 Å². The van der Waals surface area contributed by atoms with Crippen molar-refractivity contribution < 1.29 is 14.3 Å². The highest BCUT2D eigenvalue weighted by Crippen LogP contribution is 2.24. The molecule has 0 aliphatic carbocycles. The Hall–Kier alpha value is -1.46. The molecular formula is C14H10BrClFNO2. The van der Waals surface area contributed by atoms with E-state index in [1.165, 1.54) is 12.3 Å². The van der Waals surface area contributed by atoms with Crippen LogP contribution in [0.1, 0.15) is 17.2 Å². The fourth-order valence-electron chi connectivity index (χ4n) is 1.84. The third-order valence-corrected chi connectivity index (χ3v) is 3.50. The Bertz CT molecular complexity index is 634. The number of hydrogen-bond donors (Lipinski definition) is 1. The predicted octanol–water partition coefficient (Wildman–Crippen LogP) is 4.05. The molecule has 1 aromatic heterocycles. The van der Waals surface area contributed by atoms with Gasteiger partial charge in [0.05, 0.1) is 5.69 Å². The number of benzene rings is 1. The van der Waals surface area contributed by atoms with Crippen LogP contribution in [-0.4, -0.2) is 16.1 Å². The molecule has 0 saturated heterocycles. The van der Waals surface area contributed by atoms with Crippen LogP contribution in [0.15, 0.2) is 41.0 Å². The lowest BCUT2D eigenvalue weighted by Crippen LogP contribution is -2.17. The molecule has 0 aliphatic rings. The van der Waals surface area contributed by atoms with Crippen LogP contribution in [0.25, 0.3) is 0 Å². The summed E-state index contributed by atoms with van der Waals surface area (Å²) in [5.74, 6) is -2.79. The number of aromatic nitrogens is 1. The van der Waals surface area contributed by atoms with Gasteiger partial charge in [-0.3, -0.25) is 9.78 Å². The van der Waals surface area contributed by atoms with E-state index in [9.17, 15) is 14.3 Å². The average molecular weight is 359 g/mol. The van der Waals surface area contributed by atoms with E-state index in [0.29, 0.717) is 9.50 Å². The molecular weight excluding hydrogens is 349 g/mol. The maximum Gasteiger partial charge on any atom is 0.313 e. The smallest absolute Gasteiger partial charge is 0.313 e. The molecule has 3 nitrogen and oxygen atoms in total. The van der Waals surface area contributed by atoms with E-state index in [1.54, 1.807) is 24.3 Å². The van der Waals surface area contributed by atoms with Crippen molar-refractivity contribution >= 4 is 33.5 Å². The molecule has 6 heteroatoms. The SMILES string of the molecule is O=C(O)C(Cc1ccc(Cl)cc1)c1ncc(Br)cc1F. The lowest BCUT2D eigenvalue weighted by Gasteiger charge is -2.13. The van der Waals surface area contributed by atoms with E-state index in [1.807, 2.05) is 0 Å². The van der Waals surface area contributed by atoms with Crippen molar-refractivity contribution in [2.75, 3.05) is 0 Å². The van der Waals surface area contributed by atoms with Crippen molar-refractivity contribution in [2.45, 2.75) is 12.3 Å². The number of carbonyl (C=O) groups is 1. The van der Waals surface area contributed by atoms with Gasteiger partial charge in [0.2, 0.25) is 0 Å². The van der Waals surface area contributed by atoms with Crippen LogP contribution >= 0.6 is 27.5 Å². The van der Waals surface area contributed by atoms with Gasteiger partial charge in [-0.1, -0.05) is 23.7 Å². The molecule has 1 atom stereocenters. The van der Waals surface area contributed by atoms with Crippen molar-refractivity contribution in [2.24, 2.45) is 0 Å². The van der Waals surface area contributed by atoms with Crippen LogP contribution in [-0.2, 0) is 11.2 Å². The van der Waals surface area contributed by atoms with Crippen molar-refractivity contribution in [3.05, 3.63) is 63.1 Å². The summed E-state index contributed by atoms with van der Waals surface area (Å²) >= 11 is 8.87. The topological polar surface area (TPSA) is 50.2 Å². The molecule has 104 valence electrons. The Balaban J connectivity index is 2.31. The average Bonchev–Trinajstić information content (AvgIpc) is 2.39. The molecule has 2 rings (SSSR count). The number of carboxylic acids is 1. The molecule has 1 heterocycles. The molecule has 0 aliphatic heterocycles. The van der Waals surface area contributed by atoms with E-state index >= 15 is 0 Å². The number of aliphatic carboxylic acids is 1. The number of nitrogens with zero attached hydrogens (tertiary/aromatic N) is 1. The Morgan fingerprint density at radius 3 is 2.60 bits per heavy atom. The van der Waals surface area contributed by atoms with E-state index in [0.717, 1.165) is 5.56 Å². The maximum absolute atomic E-state index is 13.9. The number of rotatable bonds is 4. The molecule has 20 heavy (non-hydrogen) atoms. The Labute approximate surface area is 128 Å². The summed E-state index contributed by atoms with van der Waals surface area (Å²) in [6.45, 7) is 0. The third-order valence-electron chi connectivity index (χ3n) is 2.82. The summed E-state index contributed by atoms with van der Waals surface area (Å²) in [5, 5.41) is 9.86. The second kappa shape index (κ2) is 6.33. The number of halogens is 3. The summed E-state index contributed by atoms with van der Waals surface area (Å²) < 4.78 is 14.3. The summed E-state index contributed by atoms with van der Waals surface area (Å²) in [6, 6.07) is 7.98. The molecule has 0 spiro atoms. The van der Waals surface area contributed by atoms with E-state index in [4.69, 9.17) is 11.6 Å². The van der Waals surface area contributed by atoms with Crippen molar-refractivity contribution in [3.8, 4) is 0 Å². The van der Waals surface area contributed by atoms with Crippen LogP contribution < -0.4 is 0 Å². The zero-order valence-electron chi connectivity index (χ0n) is 10.2. The van der Waals surface area contributed by atoms with Crippen LogP contribution in [0, 0.1) is 5.82 Å². The first kappa shape index (κ1) is 14.9. The Morgan fingerprint density at radius 1 is 1.40 bits per heavy atom. The Kier molecular flexibility index (Phi) is 4.73. The lowest BCUT2D eigenvalue weighted by atomic mass is 9.95. The highest BCUT2D eigenvalue weighted by atomic mass is 79.9. The highest BCUT2D eigenvalue weighted by Gasteiger charge is 2.25. The number of hydrogen-bond acceptors (Lipinski definition) is 2. The van der Waals surface area contributed by atoms with Gasteiger partial charge in [0.15, 0.2) is 0 Å². The molecule has 1 aromatic carbocycles. The zero-order chi connectivity index (χ0) is 14.7. The van der Waals surface area contributed by atoms with Gasteiger partial charge >= 0.3 is 5.97 Å². The summed E-state index contributed by atoms with van der Waals surface area (Å²) in [7, 11) is 0. The first-order chi connectivity index (χ1) is 9.47. The summed E-state index contributed by atoms with van der Waals surface area (Å²) in [6.07, 6.45) is 1.54. The fraction of sp³-hybridized carbons (Fsp3) is 0.143. The molecule has 2 aromatic rings. The number of carboxylic acid groups (broad SMARTS) is 1. The van der Waals surface area contributed by atoms with Gasteiger partial charge in [0.1, 0.15) is 11.7 Å². The van der Waals surface area contributed by atoms with E-state index < -0.39 is 17.7 Å². The molecule has 0 bridgehead atoms. The minimum Gasteiger partial charge on any atom is -0.481 e. The van der Waals surface area contributed by atoms with Crippen LogP contribution in [0.2, 0.25) is 5.02 Å². The molecule has 1 unspecified atom stereocenters. The highest BCUT2D eigenvalue weighted by molar-refractivity contribution is 9.10. The summed E-state index contributed by atoms with van der Waals surface area (Å²) in [5.41, 5.74) is 0.682. The second-order valence-corrected chi connectivity index (χ2v) is 5.59. The van der Waals surface area contributed by atoms with Gasteiger partial charge < -0.3 is 5.11 Å². The van der Waals surface area contributed by atoms with Crippen LogP contribution in [0.5, 0.6) is 0 Å². The standard InChI is InChI=1S/C14H10BrClFNO2/c15-9-6-12(17)13(18-7-9)11(14(19)20)5-8-1-3-10(16)4-2-8/h1-4,6-7,11H,5H2,(H,19,20). The fourth-order valence-corrected chi connectivity index (χ4v) is 2.27. The Morgan fingerprint density at radius 2 is 2.05 bits per heavy atom. The monoisotopic (exact) mass is 357 g/mol. The van der Waals surface area contributed by atoms with Crippen molar-refractivity contribution in [3.63, 3.8) is 0 Å². The molecule has 0 fully saturated rings. The van der Waals surface area contributed by atoms with E-state index in [2.05, 4.69) is 20.9 Å². The largest absolute Gasteiger partial charge is 0.481 e. The third kappa shape index (κ3) is 3.55. The first-order valence-corrected chi connectivity index (χ1v) is 6.92. The van der Waals surface area contributed by atoms with Gasteiger partial charge in [0.25, 0.3) is 0 Å². The van der Waals surface area contributed by atoms with Crippen molar-refractivity contribution in [1.29, 1.82) is 0 Å². The quantitative estimate of drug-likeness (QED) is 0.897. The lowest BCUT2D eigenvalue weighted by molar-refractivity contribution is -0.138. The molecule has 1 N–H and O–H groups in total. The van der Waals surface area contributed by atoms with Gasteiger partial charge in [-0.05, 0) is 46.1 Å². The molecule has 0 amide bonds. The maximum atomic E-state index is 13.9. The number of pyridine rings is 1.